The number of nitrogens with zero attached hydrogens (tertiary/aromatic N) is 4. The Morgan fingerprint density at radius 1 is 0.353 bits per heavy atom. The average Bonchev–Trinajstić information content (AvgIpc) is 1.98. The molecule has 7 heteroatoms. The van der Waals surface area contributed by atoms with Crippen molar-refractivity contribution in [1.82, 2.24) is 13.3 Å². The second-order valence-electron chi connectivity index (χ2n) is 22.6. The maximum atomic E-state index is 15.1. The third-order valence-electron chi connectivity index (χ3n) is 16.8. The van der Waals surface area contributed by atoms with Crippen LogP contribution in [0.25, 0.3) is 116 Å². The zero-order valence-electron chi connectivity index (χ0n) is 48.0. The van der Waals surface area contributed by atoms with Crippen LogP contribution in [0.4, 0.5) is 25.8 Å². The lowest BCUT2D eigenvalue weighted by Gasteiger charge is -2.26. The molecule has 0 aliphatic carbocycles. The number of aryl methyl sites for hydroxylation is 6. The number of hydrogen-bond donors (Lipinski definition) is 0. The minimum Gasteiger partial charge on any atom is -0.309 e. The van der Waals surface area contributed by atoms with Crippen LogP contribution in [0.1, 0.15) is 33.4 Å². The Morgan fingerprint density at radius 3 is 1.28 bits per heavy atom. The van der Waals surface area contributed by atoms with Gasteiger partial charge in [-0.3, -0.25) is 0 Å². The fraction of sp³-hybridized carbons (Fsp3) is 0.0769. The first kappa shape index (κ1) is 53.0. The second-order valence-corrected chi connectivity index (χ2v) is 23.1. The minimum absolute atomic E-state index is 0.330. The topological polar surface area (TPSA) is 34.0 Å². The monoisotopic (exact) mass is 1120 g/mol. The van der Waals surface area contributed by atoms with Crippen molar-refractivity contribution in [2.24, 2.45) is 0 Å². The molecule has 0 aliphatic heterocycles. The molecule has 14 aromatic rings. The summed E-state index contributed by atoms with van der Waals surface area (Å²) >= 11 is 1.19. The summed E-state index contributed by atoms with van der Waals surface area (Å²) < 4.78 is 41.3. The van der Waals surface area contributed by atoms with Crippen LogP contribution in [-0.2, 0) is 0 Å². The summed E-state index contributed by atoms with van der Waals surface area (Å²) in [5, 5.41) is 2.36. The van der Waals surface area contributed by atoms with E-state index in [2.05, 4.69) is 233 Å². The first-order valence-corrected chi connectivity index (χ1v) is 29.5. The Kier molecular flexibility index (Phi) is 13.5. The quantitative estimate of drug-likeness (QED) is 0.129. The molecule has 0 unspecified atom stereocenters. The molecule has 4 nitrogen and oxygen atoms in total. The van der Waals surface area contributed by atoms with Gasteiger partial charge in [-0.2, -0.15) is 8.75 Å². The molecule has 2 heterocycles. The smallest absolute Gasteiger partial charge is 0.133 e. The van der Waals surface area contributed by atoms with Gasteiger partial charge in [0.15, 0.2) is 0 Å². The number of anilines is 3. The molecular weight excluding hydrogens is 1060 g/mol. The van der Waals surface area contributed by atoms with Gasteiger partial charge in [0.05, 0.1) is 28.4 Å². The maximum absolute atomic E-state index is 15.1. The van der Waals surface area contributed by atoms with Crippen LogP contribution in [-0.4, -0.2) is 13.3 Å². The molecule has 0 saturated carbocycles. The van der Waals surface area contributed by atoms with E-state index in [1.165, 1.54) is 101 Å². The van der Waals surface area contributed by atoms with Gasteiger partial charge in [0.25, 0.3) is 0 Å². The van der Waals surface area contributed by atoms with Crippen LogP contribution < -0.4 is 4.90 Å². The van der Waals surface area contributed by atoms with Crippen LogP contribution in [0, 0.1) is 53.2 Å². The van der Waals surface area contributed by atoms with E-state index in [0.29, 0.717) is 11.1 Å². The Labute approximate surface area is 498 Å². The molecule has 0 N–H and O–H groups in total. The first-order chi connectivity index (χ1) is 41.4. The lowest BCUT2D eigenvalue weighted by molar-refractivity contribution is 0.585. The van der Waals surface area contributed by atoms with E-state index >= 15 is 4.39 Å². The highest BCUT2D eigenvalue weighted by atomic mass is 32.1. The van der Waals surface area contributed by atoms with Gasteiger partial charge in [-0.15, -0.1) is 0 Å². The molecule has 410 valence electrons. The van der Waals surface area contributed by atoms with E-state index in [-0.39, 0.29) is 0 Å². The lowest BCUT2D eigenvalue weighted by atomic mass is 9.92. The molecule has 0 amide bonds. The van der Waals surface area contributed by atoms with E-state index in [9.17, 15) is 4.39 Å². The van der Waals surface area contributed by atoms with Gasteiger partial charge in [0.2, 0.25) is 0 Å². The van der Waals surface area contributed by atoms with Gasteiger partial charge >= 0.3 is 0 Å². The van der Waals surface area contributed by atoms with Crippen molar-refractivity contribution in [3.05, 3.63) is 288 Å². The summed E-state index contributed by atoms with van der Waals surface area (Å²) in [4.78, 5) is 2.17. The molecule has 85 heavy (non-hydrogen) atoms. The fourth-order valence-corrected chi connectivity index (χ4v) is 13.6. The summed E-state index contributed by atoms with van der Waals surface area (Å²) in [6.07, 6.45) is 0. The van der Waals surface area contributed by atoms with E-state index in [4.69, 9.17) is 8.75 Å². The molecular formula is C78H58F2N4S. The zero-order valence-corrected chi connectivity index (χ0v) is 48.9. The maximum Gasteiger partial charge on any atom is 0.133 e. The van der Waals surface area contributed by atoms with Crippen molar-refractivity contribution < 1.29 is 8.78 Å². The van der Waals surface area contributed by atoms with Crippen LogP contribution >= 0.6 is 11.7 Å². The first-order valence-electron chi connectivity index (χ1n) is 28.7. The molecule has 14 rings (SSSR count). The van der Waals surface area contributed by atoms with E-state index in [0.717, 1.165) is 84.3 Å². The normalized spacial score (nSPS) is 11.5. The number of fused-ring (bicyclic) bond motifs is 4. The molecule has 0 saturated heterocycles. The van der Waals surface area contributed by atoms with Gasteiger partial charge in [0.1, 0.15) is 22.7 Å². The highest BCUT2D eigenvalue weighted by Crippen LogP contribution is 2.44. The number of hydrogen-bond acceptors (Lipinski definition) is 4. The molecule has 0 aliphatic rings. The predicted octanol–water partition coefficient (Wildman–Crippen LogP) is 22.1. The fourth-order valence-electron chi connectivity index (χ4n) is 13.0. The van der Waals surface area contributed by atoms with Gasteiger partial charge in [-0.25, -0.2) is 8.78 Å². The molecule has 0 radical (unpaired) electrons. The Balaban J connectivity index is 0.844. The predicted molar refractivity (Wildman–Crippen MR) is 353 cm³/mol. The number of halogens is 2. The molecule has 12 aromatic carbocycles. The van der Waals surface area contributed by atoms with Crippen LogP contribution in [0.15, 0.2) is 243 Å². The van der Waals surface area contributed by atoms with Crippen molar-refractivity contribution in [2.45, 2.75) is 41.5 Å². The standard InChI is InChI=1S/C78H58F2N4S/c1-47-40-49(3)75(50(4)41-47)59-16-12-55(13-17-59)61-26-37-72-69(44-61)70-45-62(56-14-18-60(19-15-56)76-51(5)42-48(2)43-52(76)6)27-38-73(70)84(72)66-33-24-58(25-34-66)68-36-39-74(78-77(68)81-85-82-78)83(64-29-20-54(21-30-64)53-10-8-7-9-11-53)65-31-22-57(23-32-65)67-35-28-63(79)46-71(67)80/h7-46H,1-6H3. The van der Waals surface area contributed by atoms with Crippen molar-refractivity contribution >= 4 is 61.6 Å². The van der Waals surface area contributed by atoms with E-state index in [1.807, 2.05) is 42.5 Å². The van der Waals surface area contributed by atoms with Crippen LogP contribution in [0.2, 0.25) is 0 Å². The van der Waals surface area contributed by atoms with Crippen molar-refractivity contribution in [3.63, 3.8) is 0 Å². The van der Waals surface area contributed by atoms with Crippen molar-refractivity contribution in [2.75, 3.05) is 4.90 Å². The van der Waals surface area contributed by atoms with Gasteiger partial charge in [0, 0.05) is 45.0 Å². The summed E-state index contributed by atoms with van der Waals surface area (Å²) in [5.74, 6) is -1.22. The summed E-state index contributed by atoms with van der Waals surface area (Å²) in [6, 6.07) is 84.2. The van der Waals surface area contributed by atoms with E-state index in [1.54, 1.807) is 0 Å². The van der Waals surface area contributed by atoms with Gasteiger partial charge in [-0.05, 0) is 215 Å². The third kappa shape index (κ3) is 9.76. The minimum atomic E-state index is -0.612. The SMILES string of the molecule is Cc1cc(C)c(-c2ccc(-c3ccc4c(c3)c3cc(-c5ccc(-c6c(C)cc(C)cc6C)cc5)ccc3n4-c3ccc(-c4ccc(N(c5ccc(-c6ccccc6)cc5)c5ccc(-c6ccc(F)cc6F)cc5)c5nsnc45)cc3)cc2)c(C)c1. The molecule has 2 aromatic heterocycles. The number of rotatable bonds is 11. The van der Waals surface area contributed by atoms with Crippen LogP contribution in [0.3, 0.4) is 0 Å². The summed E-state index contributed by atoms with van der Waals surface area (Å²) in [6.45, 7) is 13.2. The Hall–Kier alpha value is -10.1. The Morgan fingerprint density at radius 2 is 0.765 bits per heavy atom. The van der Waals surface area contributed by atoms with Crippen molar-refractivity contribution in [1.29, 1.82) is 0 Å². The summed E-state index contributed by atoms with van der Waals surface area (Å²) in [5.41, 5.74) is 30.0. The largest absolute Gasteiger partial charge is 0.309 e. The number of benzene rings is 12. The molecule has 0 bridgehead atoms. The van der Waals surface area contributed by atoms with Gasteiger partial charge < -0.3 is 9.47 Å². The van der Waals surface area contributed by atoms with Gasteiger partial charge in [-0.1, -0.05) is 163 Å². The lowest BCUT2D eigenvalue weighted by Crippen LogP contribution is -2.10. The molecule has 0 fully saturated rings. The van der Waals surface area contributed by atoms with Crippen molar-refractivity contribution in [3.8, 4) is 83.6 Å². The Bertz CT molecular complexity index is 4660. The highest BCUT2D eigenvalue weighted by molar-refractivity contribution is 7.00. The third-order valence-corrected chi connectivity index (χ3v) is 17.3. The van der Waals surface area contributed by atoms with Crippen LogP contribution in [0.5, 0.6) is 0 Å². The van der Waals surface area contributed by atoms with E-state index < -0.39 is 11.6 Å². The molecule has 0 atom stereocenters. The summed E-state index contributed by atoms with van der Waals surface area (Å²) in [7, 11) is 0. The highest BCUT2D eigenvalue weighted by Gasteiger charge is 2.22. The average molecular weight is 1120 g/mol. The molecule has 0 spiro atoms. The zero-order chi connectivity index (χ0) is 58.0. The number of aromatic nitrogens is 3. The second kappa shape index (κ2) is 21.6.